The minimum atomic E-state index is -4.37. The molecule has 2 aliphatic rings. The van der Waals surface area contributed by atoms with Gasteiger partial charge in [0.2, 0.25) is 0 Å². The molecule has 1 fully saturated rings. The first-order valence-corrected chi connectivity index (χ1v) is 11.0. The summed E-state index contributed by atoms with van der Waals surface area (Å²) in [4.78, 5) is 6.46. The van der Waals surface area contributed by atoms with E-state index in [4.69, 9.17) is 0 Å². The number of alkyl halides is 3. The molecule has 2 aromatic carbocycles. The highest BCUT2D eigenvalue weighted by Gasteiger charge is 2.34. The molecule has 0 aromatic heterocycles. The second kappa shape index (κ2) is 8.65. The molecular formula is C23H25F3N2OS. The predicted molar refractivity (Wildman–Crippen MR) is 113 cm³/mol. The number of hydrogen-bond donors (Lipinski definition) is 1. The van der Waals surface area contributed by atoms with Crippen LogP contribution in [0.4, 0.5) is 13.2 Å². The van der Waals surface area contributed by atoms with E-state index in [0.29, 0.717) is 12.1 Å². The van der Waals surface area contributed by atoms with Crippen LogP contribution < -0.4 is 0 Å². The Kier molecular flexibility index (Phi) is 6.14. The molecule has 0 saturated carbocycles. The first-order chi connectivity index (χ1) is 14.4. The van der Waals surface area contributed by atoms with E-state index in [1.54, 1.807) is 6.07 Å². The molecule has 0 radical (unpaired) electrons. The number of hydrogen-bond acceptors (Lipinski definition) is 4. The van der Waals surface area contributed by atoms with Gasteiger partial charge in [0.05, 0.1) is 12.2 Å². The maximum atomic E-state index is 13.5. The van der Waals surface area contributed by atoms with Gasteiger partial charge in [-0.3, -0.25) is 4.90 Å². The van der Waals surface area contributed by atoms with Gasteiger partial charge in [0.15, 0.2) is 0 Å². The third-order valence-electron chi connectivity index (χ3n) is 5.75. The number of fused-ring (bicyclic) bond motifs is 2. The Labute approximate surface area is 179 Å². The molecule has 0 unspecified atom stereocenters. The van der Waals surface area contributed by atoms with Crippen molar-refractivity contribution in [1.29, 1.82) is 0 Å². The smallest absolute Gasteiger partial charge is 0.395 e. The molecule has 1 N–H and O–H groups in total. The Morgan fingerprint density at radius 3 is 2.37 bits per heavy atom. The maximum absolute atomic E-state index is 13.5. The number of halogens is 3. The van der Waals surface area contributed by atoms with Crippen LogP contribution in [-0.2, 0) is 6.18 Å². The van der Waals surface area contributed by atoms with Crippen molar-refractivity contribution in [1.82, 2.24) is 9.80 Å². The summed E-state index contributed by atoms with van der Waals surface area (Å²) >= 11 is 1.53. The number of nitrogens with zero attached hydrogens (tertiary/aromatic N) is 2. The van der Waals surface area contributed by atoms with Gasteiger partial charge in [-0.2, -0.15) is 13.2 Å². The van der Waals surface area contributed by atoms with Crippen LogP contribution in [0.2, 0.25) is 0 Å². The van der Waals surface area contributed by atoms with Crippen molar-refractivity contribution in [3.8, 4) is 0 Å². The molecule has 30 heavy (non-hydrogen) atoms. The average molecular weight is 435 g/mol. The van der Waals surface area contributed by atoms with E-state index in [1.807, 2.05) is 24.3 Å². The number of aliphatic hydroxyl groups excluding tert-OH is 1. The van der Waals surface area contributed by atoms with Gasteiger partial charge in [-0.05, 0) is 41.8 Å². The van der Waals surface area contributed by atoms with Crippen LogP contribution in [0.15, 0.2) is 58.0 Å². The summed E-state index contributed by atoms with van der Waals surface area (Å²) < 4.78 is 40.4. The number of aliphatic hydroxyl groups is 1. The van der Waals surface area contributed by atoms with Crippen molar-refractivity contribution < 1.29 is 18.3 Å². The molecule has 160 valence electrons. The quantitative estimate of drug-likeness (QED) is 0.629. The Hall–Kier alpha value is -1.96. The lowest BCUT2D eigenvalue weighted by Gasteiger charge is -2.39. The van der Waals surface area contributed by atoms with Gasteiger partial charge < -0.3 is 10.0 Å². The van der Waals surface area contributed by atoms with Gasteiger partial charge in [0, 0.05) is 53.8 Å². The molecule has 3 nitrogen and oxygen atoms in total. The normalized spacial score (nSPS) is 18.8. The molecule has 7 heteroatoms. The number of piperazine rings is 1. The molecule has 0 amide bonds. The molecule has 4 rings (SSSR count). The predicted octanol–water partition coefficient (Wildman–Crippen LogP) is 4.95. The topological polar surface area (TPSA) is 26.7 Å². The van der Waals surface area contributed by atoms with Gasteiger partial charge in [-0.15, -0.1) is 0 Å². The number of rotatable bonds is 4. The van der Waals surface area contributed by atoms with Gasteiger partial charge >= 0.3 is 6.18 Å². The number of benzene rings is 2. The Balaban J connectivity index is 1.83. The zero-order chi connectivity index (χ0) is 21.3. The van der Waals surface area contributed by atoms with E-state index in [-0.39, 0.29) is 6.61 Å². The number of allylic oxidation sites excluding steroid dienone is 1. The largest absolute Gasteiger partial charge is 0.416 e. The minimum Gasteiger partial charge on any atom is -0.395 e. The lowest BCUT2D eigenvalue weighted by Crippen LogP contribution is -2.46. The van der Waals surface area contributed by atoms with E-state index >= 15 is 0 Å². The third-order valence-corrected chi connectivity index (χ3v) is 6.90. The molecule has 0 atom stereocenters. The standard InChI is InChI=1S/C23H25F3N2OS/c1-2-19(28-11-9-27(10-12-28)13-14-29)22-17-5-3-4-6-20(17)30-21-8-7-16(15-18(21)22)23(24,25)26/h3-8,15,29H,2,9-14H2,1H3/b22-19+. The highest BCUT2D eigenvalue weighted by Crippen LogP contribution is 2.48. The van der Waals surface area contributed by atoms with Crippen molar-refractivity contribution in [2.24, 2.45) is 0 Å². The summed E-state index contributed by atoms with van der Waals surface area (Å²) in [5.74, 6) is 0. The molecule has 1 saturated heterocycles. The SMILES string of the molecule is CC/C(=C1/c2ccccc2Sc2ccc(C(F)(F)F)cc21)N1CCN(CCO)CC1. The first-order valence-electron chi connectivity index (χ1n) is 10.2. The second-order valence-corrected chi connectivity index (χ2v) is 8.62. The fourth-order valence-electron chi connectivity index (χ4n) is 4.27. The summed E-state index contributed by atoms with van der Waals surface area (Å²) in [6, 6.07) is 12.1. The summed E-state index contributed by atoms with van der Waals surface area (Å²) in [5.41, 5.74) is 3.07. The molecule has 0 aliphatic carbocycles. The summed E-state index contributed by atoms with van der Waals surface area (Å²) in [6.45, 7) is 6.14. The van der Waals surface area contributed by atoms with Crippen LogP contribution in [0.25, 0.3) is 5.57 Å². The molecule has 2 heterocycles. The van der Waals surface area contributed by atoms with Crippen molar-refractivity contribution in [2.75, 3.05) is 39.3 Å². The van der Waals surface area contributed by atoms with Crippen LogP contribution in [0, 0.1) is 0 Å². The zero-order valence-corrected chi connectivity index (χ0v) is 17.7. The lowest BCUT2D eigenvalue weighted by atomic mass is 9.92. The molecule has 2 aromatic rings. The van der Waals surface area contributed by atoms with Crippen molar-refractivity contribution in [3.05, 3.63) is 64.9 Å². The Bertz CT molecular complexity index is 950. The summed E-state index contributed by atoms with van der Waals surface area (Å²) in [5, 5.41) is 9.19. The molecule has 0 spiro atoms. The highest BCUT2D eigenvalue weighted by molar-refractivity contribution is 7.99. The van der Waals surface area contributed by atoms with Crippen LogP contribution >= 0.6 is 11.8 Å². The van der Waals surface area contributed by atoms with Crippen LogP contribution in [0.1, 0.15) is 30.0 Å². The molecule has 0 bridgehead atoms. The molecule has 2 aliphatic heterocycles. The van der Waals surface area contributed by atoms with Crippen molar-refractivity contribution in [2.45, 2.75) is 29.3 Å². The summed E-state index contributed by atoms with van der Waals surface area (Å²) in [6.07, 6.45) is -3.63. The van der Waals surface area contributed by atoms with Crippen molar-refractivity contribution >= 4 is 17.3 Å². The molecular weight excluding hydrogens is 409 g/mol. The van der Waals surface area contributed by atoms with E-state index in [0.717, 1.165) is 59.2 Å². The number of β-amino-alcohol motifs (C(OH)–C–C–N with tert-alkyl or cyclic N) is 1. The van der Waals surface area contributed by atoms with Crippen LogP contribution in [0.5, 0.6) is 0 Å². The van der Waals surface area contributed by atoms with Gasteiger partial charge in [0.1, 0.15) is 0 Å². The monoisotopic (exact) mass is 434 g/mol. The Morgan fingerprint density at radius 1 is 1.00 bits per heavy atom. The first kappa shape index (κ1) is 21.3. The Morgan fingerprint density at radius 2 is 1.70 bits per heavy atom. The van der Waals surface area contributed by atoms with E-state index in [2.05, 4.69) is 16.7 Å². The third kappa shape index (κ3) is 4.11. The van der Waals surface area contributed by atoms with E-state index in [1.165, 1.54) is 23.9 Å². The van der Waals surface area contributed by atoms with E-state index < -0.39 is 11.7 Å². The lowest BCUT2D eigenvalue weighted by molar-refractivity contribution is -0.137. The van der Waals surface area contributed by atoms with Gasteiger partial charge in [-0.25, -0.2) is 0 Å². The fraction of sp³-hybridized carbons (Fsp3) is 0.391. The fourth-order valence-corrected chi connectivity index (χ4v) is 5.34. The second-order valence-electron chi connectivity index (χ2n) is 7.53. The van der Waals surface area contributed by atoms with Gasteiger partial charge in [0.25, 0.3) is 0 Å². The highest BCUT2D eigenvalue weighted by atomic mass is 32.2. The summed E-state index contributed by atoms with van der Waals surface area (Å²) in [7, 11) is 0. The maximum Gasteiger partial charge on any atom is 0.416 e. The average Bonchev–Trinajstić information content (AvgIpc) is 2.74. The zero-order valence-electron chi connectivity index (χ0n) is 16.9. The van der Waals surface area contributed by atoms with E-state index in [9.17, 15) is 18.3 Å². The van der Waals surface area contributed by atoms with Gasteiger partial charge in [-0.1, -0.05) is 36.9 Å². The van der Waals surface area contributed by atoms with Crippen LogP contribution in [-0.4, -0.2) is 54.2 Å². The minimum absolute atomic E-state index is 0.139. The van der Waals surface area contributed by atoms with Crippen LogP contribution in [0.3, 0.4) is 0 Å². The van der Waals surface area contributed by atoms with Crippen molar-refractivity contribution in [3.63, 3.8) is 0 Å².